The number of aromatic nitrogens is 5. The predicted molar refractivity (Wildman–Crippen MR) is 94.9 cm³/mol. The topological polar surface area (TPSA) is 94.3 Å². The van der Waals surface area contributed by atoms with E-state index in [0.29, 0.717) is 5.78 Å². The molecule has 0 spiro atoms. The Morgan fingerprint density at radius 3 is 2.70 bits per heavy atom. The smallest absolute Gasteiger partial charge is 0.261 e. The van der Waals surface area contributed by atoms with Crippen molar-refractivity contribution in [3.63, 3.8) is 0 Å². The summed E-state index contributed by atoms with van der Waals surface area (Å²) >= 11 is 0. The van der Waals surface area contributed by atoms with Crippen LogP contribution < -0.4 is 10.1 Å². The highest BCUT2D eigenvalue weighted by atomic mass is 19.1. The minimum absolute atomic E-state index is 0.0182. The zero-order valence-electron chi connectivity index (χ0n) is 14.1. The number of methoxy groups -OCH3 is 1. The fraction of sp³-hybridized carbons (Fsp3) is 0.0556. The van der Waals surface area contributed by atoms with Gasteiger partial charge in [-0.05, 0) is 36.4 Å². The zero-order valence-corrected chi connectivity index (χ0v) is 14.1. The van der Waals surface area contributed by atoms with Crippen molar-refractivity contribution >= 4 is 17.6 Å². The Kier molecular flexibility index (Phi) is 4.17. The Morgan fingerprint density at radius 1 is 1.15 bits per heavy atom. The lowest BCUT2D eigenvalue weighted by Gasteiger charge is -2.05. The van der Waals surface area contributed by atoms with Gasteiger partial charge < -0.3 is 4.74 Å². The molecule has 1 amide bonds. The van der Waals surface area contributed by atoms with Crippen LogP contribution in [0.2, 0.25) is 0 Å². The molecule has 0 aliphatic rings. The molecule has 0 radical (unpaired) electrons. The van der Waals surface area contributed by atoms with Crippen molar-refractivity contribution in [2.45, 2.75) is 0 Å². The lowest BCUT2D eigenvalue weighted by atomic mass is 10.1. The van der Waals surface area contributed by atoms with Crippen LogP contribution in [-0.4, -0.2) is 37.6 Å². The largest absolute Gasteiger partial charge is 0.497 e. The molecular weight excluding hydrogens is 351 g/mol. The SMILES string of the molecule is COc1ccc(-c2ccnc3nc(NC(=O)c4ccncc4F)nn23)cc1. The minimum atomic E-state index is -0.726. The number of hydrogen-bond acceptors (Lipinski definition) is 6. The van der Waals surface area contributed by atoms with Crippen LogP contribution in [0.3, 0.4) is 0 Å². The zero-order chi connectivity index (χ0) is 18.8. The van der Waals surface area contributed by atoms with Gasteiger partial charge in [-0.2, -0.15) is 9.50 Å². The van der Waals surface area contributed by atoms with Crippen LogP contribution in [0.25, 0.3) is 17.0 Å². The molecule has 3 heterocycles. The number of nitrogens with zero attached hydrogens (tertiary/aromatic N) is 5. The molecule has 0 aliphatic heterocycles. The summed E-state index contributed by atoms with van der Waals surface area (Å²) in [6, 6.07) is 10.5. The molecule has 3 aromatic heterocycles. The third-order valence-corrected chi connectivity index (χ3v) is 3.87. The maximum Gasteiger partial charge on any atom is 0.261 e. The molecule has 4 rings (SSSR count). The van der Waals surface area contributed by atoms with E-state index in [1.165, 1.54) is 16.8 Å². The standard InChI is InChI=1S/C18H13FN6O2/c1-27-12-4-2-11(3-5-12)15-7-9-21-18-23-17(24-25(15)18)22-16(26)13-6-8-20-10-14(13)19/h2-10H,1H3,(H,22,24,26). The molecule has 0 atom stereocenters. The summed E-state index contributed by atoms with van der Waals surface area (Å²) in [5.74, 6) is -0.346. The summed E-state index contributed by atoms with van der Waals surface area (Å²) in [6.07, 6.45) is 3.89. The van der Waals surface area contributed by atoms with Gasteiger partial charge in [-0.1, -0.05) is 0 Å². The van der Waals surface area contributed by atoms with Crippen LogP contribution in [0.5, 0.6) is 5.75 Å². The molecule has 0 saturated heterocycles. The molecule has 8 nitrogen and oxygen atoms in total. The molecule has 9 heteroatoms. The monoisotopic (exact) mass is 364 g/mol. The number of hydrogen-bond donors (Lipinski definition) is 1. The highest BCUT2D eigenvalue weighted by molar-refractivity contribution is 6.03. The van der Waals surface area contributed by atoms with E-state index in [0.717, 1.165) is 23.2 Å². The quantitative estimate of drug-likeness (QED) is 0.598. The van der Waals surface area contributed by atoms with Crippen LogP contribution in [0.1, 0.15) is 10.4 Å². The van der Waals surface area contributed by atoms with Crippen molar-refractivity contribution in [1.29, 1.82) is 0 Å². The number of anilines is 1. The maximum atomic E-state index is 13.7. The van der Waals surface area contributed by atoms with Crippen LogP contribution in [0.4, 0.5) is 10.3 Å². The van der Waals surface area contributed by atoms with Gasteiger partial charge in [0.25, 0.3) is 17.6 Å². The van der Waals surface area contributed by atoms with Gasteiger partial charge in [-0.25, -0.2) is 9.37 Å². The van der Waals surface area contributed by atoms with Crippen LogP contribution in [-0.2, 0) is 0 Å². The number of halogens is 1. The second kappa shape index (κ2) is 6.79. The molecule has 1 N–H and O–H groups in total. The van der Waals surface area contributed by atoms with Crippen molar-refractivity contribution in [2.24, 2.45) is 0 Å². The highest BCUT2D eigenvalue weighted by Crippen LogP contribution is 2.22. The van der Waals surface area contributed by atoms with E-state index in [4.69, 9.17) is 4.74 Å². The Bertz CT molecular complexity index is 1130. The molecule has 1 aromatic carbocycles. The number of carbonyl (C=O) groups is 1. The first-order chi connectivity index (χ1) is 13.2. The number of rotatable bonds is 4. The van der Waals surface area contributed by atoms with Crippen molar-refractivity contribution in [2.75, 3.05) is 12.4 Å². The molecule has 0 bridgehead atoms. The average molecular weight is 364 g/mol. The van der Waals surface area contributed by atoms with Gasteiger partial charge in [-0.15, -0.1) is 5.10 Å². The molecule has 0 unspecified atom stereocenters. The molecule has 27 heavy (non-hydrogen) atoms. The van der Waals surface area contributed by atoms with Crippen molar-refractivity contribution in [1.82, 2.24) is 24.6 Å². The van der Waals surface area contributed by atoms with E-state index in [9.17, 15) is 9.18 Å². The van der Waals surface area contributed by atoms with Gasteiger partial charge in [0.15, 0.2) is 5.82 Å². The summed E-state index contributed by atoms with van der Waals surface area (Å²) in [5, 5.41) is 6.74. The Balaban J connectivity index is 1.68. The second-order valence-corrected chi connectivity index (χ2v) is 5.52. The van der Waals surface area contributed by atoms with Crippen LogP contribution in [0, 0.1) is 5.82 Å². The van der Waals surface area contributed by atoms with Crippen LogP contribution >= 0.6 is 0 Å². The molecule has 4 aromatic rings. The summed E-state index contributed by atoms with van der Waals surface area (Å²) in [5.41, 5.74) is 1.45. The molecule has 134 valence electrons. The third kappa shape index (κ3) is 3.17. The van der Waals surface area contributed by atoms with Gasteiger partial charge in [-0.3, -0.25) is 15.1 Å². The van der Waals surface area contributed by atoms with Gasteiger partial charge in [0.05, 0.1) is 24.6 Å². The van der Waals surface area contributed by atoms with Crippen molar-refractivity contribution in [3.8, 4) is 17.0 Å². The Labute approximate surface area is 152 Å². The van der Waals surface area contributed by atoms with E-state index in [-0.39, 0.29) is 11.5 Å². The van der Waals surface area contributed by atoms with E-state index >= 15 is 0 Å². The minimum Gasteiger partial charge on any atom is -0.497 e. The summed E-state index contributed by atoms with van der Waals surface area (Å²) in [7, 11) is 1.59. The first-order valence-electron chi connectivity index (χ1n) is 7.93. The lowest BCUT2D eigenvalue weighted by molar-refractivity contribution is 0.102. The number of carbonyl (C=O) groups excluding carboxylic acids is 1. The van der Waals surface area contributed by atoms with E-state index in [1.807, 2.05) is 24.3 Å². The second-order valence-electron chi connectivity index (χ2n) is 5.52. The van der Waals surface area contributed by atoms with Gasteiger partial charge >= 0.3 is 0 Å². The summed E-state index contributed by atoms with van der Waals surface area (Å²) in [4.78, 5) is 24.2. The van der Waals surface area contributed by atoms with Gasteiger partial charge in [0, 0.05) is 18.0 Å². The number of pyridine rings is 1. The first-order valence-corrected chi connectivity index (χ1v) is 7.93. The number of benzene rings is 1. The average Bonchev–Trinajstić information content (AvgIpc) is 3.10. The highest BCUT2D eigenvalue weighted by Gasteiger charge is 2.16. The molecule has 0 fully saturated rings. The van der Waals surface area contributed by atoms with E-state index in [1.54, 1.807) is 19.4 Å². The number of nitrogens with one attached hydrogen (secondary N) is 1. The van der Waals surface area contributed by atoms with Crippen molar-refractivity contribution < 1.29 is 13.9 Å². The number of ether oxygens (including phenoxy) is 1. The van der Waals surface area contributed by atoms with Gasteiger partial charge in [0.2, 0.25) is 0 Å². The Morgan fingerprint density at radius 2 is 1.96 bits per heavy atom. The lowest BCUT2D eigenvalue weighted by Crippen LogP contribution is -2.15. The van der Waals surface area contributed by atoms with Gasteiger partial charge in [0.1, 0.15) is 5.75 Å². The number of amides is 1. The molecule has 0 aliphatic carbocycles. The van der Waals surface area contributed by atoms with Crippen LogP contribution in [0.15, 0.2) is 55.0 Å². The number of fused-ring (bicyclic) bond motifs is 1. The summed E-state index contributed by atoms with van der Waals surface area (Å²) in [6.45, 7) is 0. The summed E-state index contributed by atoms with van der Waals surface area (Å²) < 4.78 is 20.4. The Hall–Kier alpha value is -3.88. The normalized spacial score (nSPS) is 10.7. The molecule has 0 saturated carbocycles. The predicted octanol–water partition coefficient (Wildman–Crippen LogP) is 2.59. The van der Waals surface area contributed by atoms with E-state index in [2.05, 4.69) is 25.4 Å². The van der Waals surface area contributed by atoms with E-state index < -0.39 is 11.7 Å². The van der Waals surface area contributed by atoms with Crippen molar-refractivity contribution in [3.05, 3.63) is 66.4 Å². The fourth-order valence-corrected chi connectivity index (χ4v) is 2.56. The molecular formula is C18H13FN6O2. The first kappa shape index (κ1) is 16.6. The maximum absolute atomic E-state index is 13.7. The fourth-order valence-electron chi connectivity index (χ4n) is 2.56. The third-order valence-electron chi connectivity index (χ3n) is 3.87.